The van der Waals surface area contributed by atoms with Crippen molar-refractivity contribution in [3.8, 4) is 33.6 Å². The molecule has 1 aliphatic carbocycles. The number of pyridine rings is 4. The van der Waals surface area contributed by atoms with E-state index in [2.05, 4.69) is 46.2 Å². The minimum Gasteiger partial charge on any atom is -0.367 e. The molecule has 6 heterocycles. The van der Waals surface area contributed by atoms with Crippen LogP contribution in [0.2, 0.25) is 0 Å². The van der Waals surface area contributed by atoms with Crippen LogP contribution >= 0.6 is 0 Å². The number of alkyl halides is 3. The molecule has 0 atom stereocenters. The number of nitrogens with zero attached hydrogens (tertiary/aromatic N) is 8. The number of hydrogen-bond donors (Lipinski definition) is 2. The Morgan fingerprint density at radius 1 is 0.759 bits per heavy atom. The van der Waals surface area contributed by atoms with E-state index in [-0.39, 0.29) is 0 Å². The second-order valence-corrected chi connectivity index (χ2v) is 16.5. The predicted molar refractivity (Wildman–Crippen MR) is 219 cm³/mol. The van der Waals surface area contributed by atoms with Gasteiger partial charge in [-0.05, 0) is 94.5 Å². The number of halogens is 3. The van der Waals surface area contributed by atoms with Gasteiger partial charge in [0.1, 0.15) is 11.6 Å². The first kappa shape index (κ1) is 40.6. The third kappa shape index (κ3) is 8.47. The maximum absolute atomic E-state index is 13.2. The molecule has 0 spiro atoms. The smallest absolute Gasteiger partial charge is 0.367 e. The topological polar surface area (TPSA) is 145 Å². The summed E-state index contributed by atoms with van der Waals surface area (Å²) in [5.41, 5.74) is 5.39. The Labute approximate surface area is 336 Å². The van der Waals surface area contributed by atoms with Gasteiger partial charge in [-0.2, -0.15) is 31.8 Å². The van der Waals surface area contributed by atoms with Crippen molar-refractivity contribution in [3.63, 3.8) is 0 Å². The van der Waals surface area contributed by atoms with E-state index >= 15 is 0 Å². The van der Waals surface area contributed by atoms with Crippen LogP contribution in [-0.2, 0) is 29.3 Å². The highest BCUT2D eigenvalue weighted by Gasteiger charge is 2.46. The lowest BCUT2D eigenvalue weighted by atomic mass is 9.94. The van der Waals surface area contributed by atoms with Crippen LogP contribution in [0.25, 0.3) is 33.6 Å². The molecule has 0 radical (unpaired) electrons. The van der Waals surface area contributed by atoms with Crippen LogP contribution in [0.3, 0.4) is 0 Å². The minimum atomic E-state index is -5.66. The summed E-state index contributed by atoms with van der Waals surface area (Å²) < 4.78 is 68.6. The van der Waals surface area contributed by atoms with Gasteiger partial charge in [0.15, 0.2) is 0 Å². The molecular weight excluding hydrogens is 766 g/mol. The van der Waals surface area contributed by atoms with E-state index in [4.69, 9.17) is 15.2 Å². The van der Waals surface area contributed by atoms with Crippen molar-refractivity contribution >= 4 is 21.7 Å². The maximum atomic E-state index is 13.2. The van der Waals surface area contributed by atoms with Gasteiger partial charge in [-0.1, -0.05) is 39.5 Å². The fourth-order valence-electron chi connectivity index (χ4n) is 7.78. The molecule has 1 aliphatic rings. The summed E-state index contributed by atoms with van der Waals surface area (Å²) in [7, 11) is -5.66. The summed E-state index contributed by atoms with van der Waals surface area (Å²) >= 11 is 0. The summed E-state index contributed by atoms with van der Waals surface area (Å²) in [6.45, 7) is 10.2. The third-order valence-corrected chi connectivity index (χ3v) is 11.6. The quantitative estimate of drug-likeness (QED) is 0.110. The van der Waals surface area contributed by atoms with Gasteiger partial charge in [0.25, 0.3) is 0 Å². The molecule has 12 nitrogen and oxygen atoms in total. The van der Waals surface area contributed by atoms with Crippen molar-refractivity contribution in [2.75, 3.05) is 10.0 Å². The van der Waals surface area contributed by atoms with Crippen molar-refractivity contribution in [1.82, 2.24) is 39.5 Å². The van der Waals surface area contributed by atoms with Gasteiger partial charge >= 0.3 is 15.5 Å². The minimum absolute atomic E-state index is 0.321. The van der Waals surface area contributed by atoms with Gasteiger partial charge in [-0.25, -0.2) is 19.3 Å². The highest BCUT2D eigenvalue weighted by Crippen LogP contribution is 2.37. The van der Waals surface area contributed by atoms with E-state index in [1.54, 1.807) is 12.3 Å². The monoisotopic (exact) mass is 812 g/mol. The lowest BCUT2D eigenvalue weighted by Crippen LogP contribution is -2.30. The van der Waals surface area contributed by atoms with E-state index in [9.17, 15) is 21.6 Å². The SMILES string of the molecule is CCCc1cc(-n2nc(C)c(-c3cnc(NC4CCCC4)cc3Cc3nn(-c4ccnc(CCC)c4)c(C)c3-c3ccc(NS(=O)(=O)C(F)(F)F)nc3)c2C)ccn1. The molecule has 0 amide bonds. The predicted octanol–water partition coefficient (Wildman–Crippen LogP) is 9.01. The highest BCUT2D eigenvalue weighted by molar-refractivity contribution is 7.93. The fraction of sp³-hybridized carbons (Fsp3) is 0.381. The van der Waals surface area contributed by atoms with Gasteiger partial charge in [-0.15, -0.1) is 0 Å². The van der Waals surface area contributed by atoms with E-state index in [1.807, 2.05) is 60.7 Å². The number of aryl methyl sites for hydroxylation is 3. The Balaban J connectivity index is 1.36. The second kappa shape index (κ2) is 16.7. The van der Waals surface area contributed by atoms with Gasteiger partial charge in [0.05, 0.1) is 22.8 Å². The lowest BCUT2D eigenvalue weighted by molar-refractivity contribution is -0.0429. The number of anilines is 2. The molecule has 6 aromatic heterocycles. The van der Waals surface area contributed by atoms with Gasteiger partial charge in [0.2, 0.25) is 0 Å². The van der Waals surface area contributed by atoms with Gasteiger partial charge < -0.3 is 5.32 Å². The number of rotatable bonds is 14. The van der Waals surface area contributed by atoms with Crippen LogP contribution in [0.5, 0.6) is 0 Å². The fourth-order valence-corrected chi connectivity index (χ4v) is 8.29. The number of sulfonamides is 1. The molecule has 0 aliphatic heterocycles. The number of hydrogen-bond acceptors (Lipinski definition) is 9. The van der Waals surface area contributed by atoms with Crippen LogP contribution in [0, 0.1) is 20.8 Å². The Bertz CT molecular complexity index is 2530. The number of aromatic nitrogens is 8. The molecule has 0 unspecified atom stereocenters. The standard InChI is InChI=1S/C42H47F3N10O2S/c1-6-10-32-22-34(16-18-46-32)54-27(4)40(26(3)51-54)36-25-49-39(50-31-12-8-9-13-31)21-30(36)20-37-41(28(5)55(52-37)35-17-19-47-33(23-35)11-7-2)29-14-15-38(48-24-29)53-58(56,57)42(43,44)45/h14-19,21-25,31H,6-13,20H2,1-5H3,(H,48,53)(H,49,50). The molecule has 0 bridgehead atoms. The molecule has 6 aromatic rings. The van der Waals surface area contributed by atoms with Crippen LogP contribution in [0.4, 0.5) is 24.8 Å². The van der Waals surface area contributed by atoms with E-state index in [0.29, 0.717) is 29.3 Å². The lowest BCUT2D eigenvalue weighted by Gasteiger charge is -2.16. The number of nitrogens with one attached hydrogen (secondary N) is 2. The first-order valence-corrected chi connectivity index (χ1v) is 21.1. The third-order valence-electron chi connectivity index (χ3n) is 10.5. The molecule has 1 fully saturated rings. The van der Waals surface area contributed by atoms with E-state index in [1.165, 1.54) is 17.0 Å². The first-order valence-electron chi connectivity index (χ1n) is 19.6. The van der Waals surface area contributed by atoms with E-state index < -0.39 is 21.3 Å². The van der Waals surface area contributed by atoms with Crippen LogP contribution < -0.4 is 10.0 Å². The van der Waals surface area contributed by atoms with Crippen molar-refractivity contribution in [3.05, 3.63) is 107 Å². The van der Waals surface area contributed by atoms with Crippen molar-refractivity contribution < 1.29 is 21.6 Å². The van der Waals surface area contributed by atoms with Crippen LogP contribution in [-0.4, -0.2) is 59.5 Å². The first-order chi connectivity index (χ1) is 27.8. The van der Waals surface area contributed by atoms with Crippen molar-refractivity contribution in [1.29, 1.82) is 0 Å². The largest absolute Gasteiger partial charge is 0.516 e. The van der Waals surface area contributed by atoms with Crippen molar-refractivity contribution in [2.45, 2.75) is 104 Å². The summed E-state index contributed by atoms with van der Waals surface area (Å²) in [5, 5.41) is 13.8. The summed E-state index contributed by atoms with van der Waals surface area (Å²) in [5.74, 6) is 0.301. The molecule has 7 rings (SSSR count). The van der Waals surface area contributed by atoms with Gasteiger partial charge in [-0.3, -0.25) is 14.7 Å². The Morgan fingerprint density at radius 3 is 1.95 bits per heavy atom. The molecule has 16 heteroatoms. The Hall–Kier alpha value is -5.64. The molecule has 1 saturated carbocycles. The summed E-state index contributed by atoms with van der Waals surface area (Å²) in [6, 6.07) is 13.1. The summed E-state index contributed by atoms with van der Waals surface area (Å²) in [4.78, 5) is 18.1. The second-order valence-electron chi connectivity index (χ2n) is 14.8. The Kier molecular flexibility index (Phi) is 11.7. The highest BCUT2D eigenvalue weighted by atomic mass is 32.2. The zero-order valence-corrected chi connectivity index (χ0v) is 34.0. The molecule has 2 N–H and O–H groups in total. The average Bonchev–Trinajstić information content (AvgIpc) is 3.89. The molecule has 304 valence electrons. The molecule has 0 saturated heterocycles. The zero-order chi connectivity index (χ0) is 41.2. The van der Waals surface area contributed by atoms with Crippen LogP contribution in [0.15, 0.2) is 67.3 Å². The molecule has 0 aromatic carbocycles. The molecule has 58 heavy (non-hydrogen) atoms. The van der Waals surface area contributed by atoms with Crippen LogP contribution in [0.1, 0.15) is 92.1 Å². The Morgan fingerprint density at radius 2 is 1.36 bits per heavy atom. The zero-order valence-electron chi connectivity index (χ0n) is 33.2. The van der Waals surface area contributed by atoms with Crippen molar-refractivity contribution in [2.24, 2.45) is 0 Å². The maximum Gasteiger partial charge on any atom is 0.516 e. The normalized spacial score (nSPS) is 13.7. The molecular formula is C42H47F3N10O2S. The van der Waals surface area contributed by atoms with Gasteiger partial charge in [0, 0.05) is 82.3 Å². The summed E-state index contributed by atoms with van der Waals surface area (Å²) in [6.07, 6.45) is 15.2. The van der Waals surface area contributed by atoms with E-state index in [0.717, 1.165) is 114 Å². The average molecular weight is 813 g/mol.